The number of nitrogens with zero attached hydrogens (tertiary/aromatic N) is 8. The molecule has 11 heteroatoms. The Kier molecular flexibility index (Phi) is 9.25. The molecule has 7 rings (SSSR count). The van der Waals surface area contributed by atoms with E-state index in [4.69, 9.17) is 24.4 Å². The number of carbonyl (C=O) groups is 1. The van der Waals surface area contributed by atoms with Crippen molar-refractivity contribution in [3.05, 3.63) is 83.3 Å². The molecule has 0 saturated carbocycles. The molecule has 0 unspecified atom stereocenters. The average molecular weight is 647 g/mol. The second-order valence-corrected chi connectivity index (χ2v) is 13.0. The lowest BCUT2D eigenvalue weighted by Gasteiger charge is -2.42. The van der Waals surface area contributed by atoms with Crippen LogP contribution in [0.5, 0.6) is 6.01 Å². The van der Waals surface area contributed by atoms with Crippen LogP contribution in [0.3, 0.4) is 0 Å². The Morgan fingerprint density at radius 2 is 1.83 bits per heavy atom. The van der Waals surface area contributed by atoms with Crippen LogP contribution in [-0.4, -0.2) is 89.3 Å². The minimum Gasteiger partial charge on any atom is -0.462 e. The van der Waals surface area contributed by atoms with E-state index in [2.05, 4.69) is 52.9 Å². The molecule has 2 aromatic carbocycles. The fourth-order valence-electron chi connectivity index (χ4n) is 7.28. The quantitative estimate of drug-likeness (QED) is 0.256. The Labute approximate surface area is 281 Å². The van der Waals surface area contributed by atoms with Crippen molar-refractivity contribution >= 4 is 28.4 Å². The van der Waals surface area contributed by atoms with Crippen LogP contribution in [0.15, 0.2) is 60.8 Å². The fourth-order valence-corrected chi connectivity index (χ4v) is 7.28. The maximum atomic E-state index is 13.2. The van der Waals surface area contributed by atoms with Crippen LogP contribution >= 0.6 is 0 Å². The molecule has 4 aromatic rings. The van der Waals surface area contributed by atoms with Gasteiger partial charge in [0.1, 0.15) is 19.0 Å². The van der Waals surface area contributed by atoms with Crippen LogP contribution in [0.25, 0.3) is 10.8 Å². The van der Waals surface area contributed by atoms with E-state index in [0.717, 1.165) is 71.8 Å². The summed E-state index contributed by atoms with van der Waals surface area (Å²) in [5.74, 6) is 0.836. The van der Waals surface area contributed by atoms with Crippen LogP contribution in [-0.2, 0) is 24.3 Å². The van der Waals surface area contributed by atoms with Gasteiger partial charge in [-0.15, -0.1) is 0 Å². The number of likely N-dealkylation sites (tertiary alicyclic amines) is 1. The first-order valence-electron chi connectivity index (χ1n) is 16.9. The molecule has 48 heavy (non-hydrogen) atoms. The molecule has 1 amide bonds. The predicted molar refractivity (Wildman–Crippen MR) is 184 cm³/mol. The molecule has 3 aliphatic rings. The monoisotopic (exact) mass is 646 g/mol. The van der Waals surface area contributed by atoms with E-state index in [0.29, 0.717) is 44.8 Å². The van der Waals surface area contributed by atoms with Crippen molar-refractivity contribution in [2.75, 3.05) is 56.2 Å². The lowest BCUT2D eigenvalue weighted by atomic mass is 10.0. The summed E-state index contributed by atoms with van der Waals surface area (Å²) in [6.07, 6.45) is 4.74. The predicted octanol–water partition coefficient (Wildman–Crippen LogP) is 5.11. The number of nitriles is 1. The van der Waals surface area contributed by atoms with Gasteiger partial charge in [0.25, 0.3) is 0 Å². The van der Waals surface area contributed by atoms with Gasteiger partial charge in [-0.3, -0.25) is 4.98 Å². The van der Waals surface area contributed by atoms with Gasteiger partial charge < -0.3 is 29.1 Å². The number of aromatic nitrogens is 3. The van der Waals surface area contributed by atoms with E-state index in [-0.39, 0.29) is 19.1 Å². The molecule has 11 nitrogen and oxygen atoms in total. The average Bonchev–Trinajstić information content (AvgIpc) is 3.53. The Hall–Kier alpha value is -4.95. The highest BCUT2D eigenvalue weighted by Gasteiger charge is 2.35. The molecule has 0 spiro atoms. The van der Waals surface area contributed by atoms with E-state index >= 15 is 0 Å². The van der Waals surface area contributed by atoms with Gasteiger partial charge in [-0.2, -0.15) is 15.2 Å². The number of hydrogen-bond donors (Lipinski definition) is 0. The minimum atomic E-state index is -0.400. The van der Waals surface area contributed by atoms with Crippen LogP contribution in [0, 0.1) is 18.3 Å². The van der Waals surface area contributed by atoms with Crippen LogP contribution in [0.2, 0.25) is 0 Å². The van der Waals surface area contributed by atoms with Crippen molar-refractivity contribution in [1.29, 1.82) is 5.26 Å². The third kappa shape index (κ3) is 6.58. The van der Waals surface area contributed by atoms with Gasteiger partial charge in [-0.1, -0.05) is 54.6 Å². The van der Waals surface area contributed by atoms with Gasteiger partial charge in [-0.05, 0) is 45.3 Å². The number of anilines is 2. The lowest BCUT2D eigenvalue weighted by molar-refractivity contribution is 0.0767. The maximum Gasteiger partial charge on any atom is 0.410 e. The summed E-state index contributed by atoms with van der Waals surface area (Å²) in [5.41, 5.74) is 5.08. The first kappa shape index (κ1) is 31.6. The van der Waals surface area contributed by atoms with Gasteiger partial charge in [-0.25, -0.2) is 4.79 Å². The Bertz CT molecular complexity index is 1810. The molecule has 0 N–H and O–H groups in total. The summed E-state index contributed by atoms with van der Waals surface area (Å²) in [7, 11) is 2.14. The molecule has 2 saturated heterocycles. The summed E-state index contributed by atoms with van der Waals surface area (Å²) in [5, 5.41) is 12.0. The smallest absolute Gasteiger partial charge is 0.410 e. The van der Waals surface area contributed by atoms with Crippen molar-refractivity contribution in [3.8, 4) is 12.1 Å². The Balaban J connectivity index is 1.16. The van der Waals surface area contributed by atoms with Crippen molar-refractivity contribution in [2.45, 2.75) is 57.8 Å². The molecular formula is C37H42N8O3. The van der Waals surface area contributed by atoms with Gasteiger partial charge in [0, 0.05) is 54.8 Å². The number of hydrogen-bond acceptors (Lipinski definition) is 10. The molecule has 0 radical (unpaired) electrons. The zero-order chi connectivity index (χ0) is 33.0. The number of piperazine rings is 1. The molecular weight excluding hydrogens is 604 g/mol. The van der Waals surface area contributed by atoms with Crippen molar-refractivity contribution < 1.29 is 14.3 Å². The normalized spacial score (nSPS) is 19.6. The molecule has 0 bridgehead atoms. The molecule has 0 aliphatic carbocycles. The van der Waals surface area contributed by atoms with Crippen molar-refractivity contribution in [1.82, 2.24) is 24.8 Å². The van der Waals surface area contributed by atoms with E-state index in [1.54, 1.807) is 4.90 Å². The molecule has 5 heterocycles. The first-order chi connectivity index (χ1) is 23.5. The highest BCUT2D eigenvalue weighted by molar-refractivity contribution is 5.94. The van der Waals surface area contributed by atoms with Crippen LogP contribution in [0.4, 0.5) is 16.3 Å². The van der Waals surface area contributed by atoms with Crippen LogP contribution < -0.4 is 14.5 Å². The third-order valence-corrected chi connectivity index (χ3v) is 9.92. The summed E-state index contributed by atoms with van der Waals surface area (Å²) in [6.45, 7) is 6.71. The SMILES string of the molecule is Cc1ncc2ccccc2c1N1CCc2c(nc(OC[C@@H]3CCCN3C)nc2N2CCN(C(=O)OCc3ccccc3)[C@@H](CC#N)C2)C1. The zero-order valence-corrected chi connectivity index (χ0v) is 27.7. The summed E-state index contributed by atoms with van der Waals surface area (Å²) in [4.78, 5) is 36.6. The van der Waals surface area contributed by atoms with Crippen LogP contribution in [0.1, 0.15) is 41.8 Å². The molecule has 2 atom stereocenters. The van der Waals surface area contributed by atoms with E-state index in [1.165, 1.54) is 5.39 Å². The number of likely N-dealkylation sites (N-methyl/N-ethyl adjacent to an activating group) is 1. The van der Waals surface area contributed by atoms with Gasteiger partial charge in [0.2, 0.25) is 0 Å². The number of aryl methyl sites for hydroxylation is 1. The number of carbonyl (C=O) groups excluding carboxylic acids is 1. The number of amides is 1. The molecule has 248 valence electrons. The maximum absolute atomic E-state index is 13.2. The van der Waals surface area contributed by atoms with E-state index in [1.807, 2.05) is 42.6 Å². The minimum absolute atomic E-state index is 0.192. The number of rotatable bonds is 8. The number of pyridine rings is 1. The molecule has 2 fully saturated rings. The molecule has 3 aliphatic heterocycles. The second-order valence-electron chi connectivity index (χ2n) is 13.0. The van der Waals surface area contributed by atoms with Crippen molar-refractivity contribution in [2.24, 2.45) is 0 Å². The second kappa shape index (κ2) is 14.0. The number of ether oxygens (including phenoxy) is 2. The first-order valence-corrected chi connectivity index (χ1v) is 16.9. The summed E-state index contributed by atoms with van der Waals surface area (Å²) < 4.78 is 12.0. The number of fused-ring (bicyclic) bond motifs is 2. The van der Waals surface area contributed by atoms with Gasteiger partial charge in [0.05, 0.1) is 42.2 Å². The third-order valence-electron chi connectivity index (χ3n) is 9.92. The summed E-state index contributed by atoms with van der Waals surface area (Å²) in [6, 6.07) is 20.7. The highest BCUT2D eigenvalue weighted by atomic mass is 16.6. The topological polar surface area (TPSA) is 111 Å². The largest absolute Gasteiger partial charge is 0.462 e. The van der Waals surface area contributed by atoms with Gasteiger partial charge in [0.15, 0.2) is 0 Å². The summed E-state index contributed by atoms with van der Waals surface area (Å²) >= 11 is 0. The zero-order valence-electron chi connectivity index (χ0n) is 27.7. The lowest BCUT2D eigenvalue weighted by Crippen LogP contribution is -2.55. The number of benzene rings is 2. The fraction of sp³-hybridized carbons (Fsp3) is 0.432. The van der Waals surface area contributed by atoms with Crippen molar-refractivity contribution in [3.63, 3.8) is 0 Å². The molecule has 2 aromatic heterocycles. The van der Waals surface area contributed by atoms with E-state index in [9.17, 15) is 10.1 Å². The standard InChI is InChI=1S/C37H42N8O3/c1-26-34(31-13-7-6-11-28(31)21-39-26)43-18-15-32-33(23-43)40-36(47-25-30-12-8-17-42(30)2)41-35(32)44-19-20-45(29(22-44)14-16-38)37(46)48-24-27-9-4-3-5-10-27/h3-7,9-11,13,21,29-30H,8,12,14-15,17-20,22-25H2,1-2H3/t29-,30-/m0/s1. The van der Waals surface area contributed by atoms with E-state index < -0.39 is 6.09 Å². The van der Waals surface area contributed by atoms with Gasteiger partial charge >= 0.3 is 12.1 Å². The Morgan fingerprint density at radius 1 is 1.00 bits per heavy atom. The Morgan fingerprint density at radius 3 is 2.65 bits per heavy atom. The highest BCUT2D eigenvalue weighted by Crippen LogP contribution is 2.36.